The first-order valence-corrected chi connectivity index (χ1v) is 6.71. The molecule has 0 radical (unpaired) electrons. The van der Waals surface area contributed by atoms with Crippen LogP contribution >= 0.6 is 0 Å². The molecule has 1 amide bonds. The molecular weight excluding hydrogens is 216 g/mol. The van der Waals surface area contributed by atoms with E-state index in [9.17, 15) is 13.2 Å². The maximum absolute atomic E-state index is 11.3. The Hall–Kier alpha value is -0.620. The van der Waals surface area contributed by atoms with E-state index >= 15 is 0 Å². The molecule has 0 fully saturated rings. The zero-order valence-electron chi connectivity index (χ0n) is 9.75. The molecule has 5 nitrogen and oxygen atoms in total. The Morgan fingerprint density at radius 2 is 1.87 bits per heavy atom. The number of rotatable bonds is 6. The summed E-state index contributed by atoms with van der Waals surface area (Å²) in [5, 5.41) is 5.45. The van der Waals surface area contributed by atoms with Gasteiger partial charge in [-0.1, -0.05) is 0 Å². The predicted molar refractivity (Wildman–Crippen MR) is 60.5 cm³/mol. The Morgan fingerprint density at radius 3 is 2.27 bits per heavy atom. The van der Waals surface area contributed by atoms with Crippen LogP contribution in [0.4, 0.5) is 0 Å². The number of carbonyl (C=O) groups is 1. The minimum absolute atomic E-state index is 0.0559. The van der Waals surface area contributed by atoms with Gasteiger partial charge in [0.05, 0.1) is 4.75 Å². The summed E-state index contributed by atoms with van der Waals surface area (Å²) >= 11 is 0. The first-order chi connectivity index (χ1) is 6.70. The largest absolute Gasteiger partial charge is 0.359 e. The number of carbonyl (C=O) groups excluding carboxylic acids is 1. The highest BCUT2D eigenvalue weighted by Gasteiger charge is 2.29. The van der Waals surface area contributed by atoms with Crippen LogP contribution in [0.5, 0.6) is 0 Å². The standard InChI is InChI=1S/C9H20N2O3S/c1-9(2,15(4,13)14)7-11-6-5-8(12)10-3/h11H,5-7H2,1-4H3,(H,10,12). The van der Waals surface area contributed by atoms with E-state index in [2.05, 4.69) is 10.6 Å². The molecule has 0 spiro atoms. The summed E-state index contributed by atoms with van der Waals surface area (Å²) in [6, 6.07) is 0. The normalized spacial score (nSPS) is 12.5. The molecule has 0 aliphatic heterocycles. The summed E-state index contributed by atoms with van der Waals surface area (Å²) in [4.78, 5) is 10.9. The third-order valence-corrected chi connectivity index (χ3v) is 4.51. The minimum atomic E-state index is -3.07. The fourth-order valence-corrected chi connectivity index (χ4v) is 1.21. The molecule has 0 aromatic rings. The van der Waals surface area contributed by atoms with Crippen molar-refractivity contribution in [2.75, 3.05) is 26.4 Å². The number of hydrogen-bond acceptors (Lipinski definition) is 4. The fraction of sp³-hybridized carbons (Fsp3) is 0.889. The van der Waals surface area contributed by atoms with Crippen LogP contribution in [-0.4, -0.2) is 45.5 Å². The number of hydrogen-bond donors (Lipinski definition) is 2. The van der Waals surface area contributed by atoms with Crippen molar-refractivity contribution in [3.8, 4) is 0 Å². The van der Waals surface area contributed by atoms with Crippen molar-refractivity contribution in [3.63, 3.8) is 0 Å². The molecule has 90 valence electrons. The Bertz CT molecular complexity index is 309. The van der Waals surface area contributed by atoms with Gasteiger partial charge < -0.3 is 10.6 Å². The summed E-state index contributed by atoms with van der Waals surface area (Å²) in [6.45, 7) is 4.16. The van der Waals surface area contributed by atoms with Gasteiger partial charge in [0.1, 0.15) is 0 Å². The van der Waals surface area contributed by atoms with Gasteiger partial charge in [0.25, 0.3) is 0 Å². The highest BCUT2D eigenvalue weighted by Crippen LogP contribution is 2.13. The molecule has 0 saturated carbocycles. The average molecular weight is 236 g/mol. The summed E-state index contributed by atoms with van der Waals surface area (Å²) in [6.07, 6.45) is 1.57. The summed E-state index contributed by atoms with van der Waals surface area (Å²) in [7, 11) is -1.50. The summed E-state index contributed by atoms with van der Waals surface area (Å²) in [5.41, 5.74) is 0. The third-order valence-electron chi connectivity index (χ3n) is 2.36. The van der Waals surface area contributed by atoms with Crippen molar-refractivity contribution in [3.05, 3.63) is 0 Å². The molecule has 0 bridgehead atoms. The quantitative estimate of drug-likeness (QED) is 0.612. The summed E-state index contributed by atoms with van der Waals surface area (Å²) in [5.74, 6) is -0.0559. The van der Waals surface area contributed by atoms with Gasteiger partial charge in [-0.15, -0.1) is 0 Å². The number of amides is 1. The molecule has 15 heavy (non-hydrogen) atoms. The van der Waals surface area contributed by atoms with Crippen molar-refractivity contribution < 1.29 is 13.2 Å². The Labute approximate surface area is 91.5 Å². The molecule has 0 saturated heterocycles. The van der Waals surface area contributed by atoms with Crippen LogP contribution in [0.25, 0.3) is 0 Å². The highest BCUT2D eigenvalue weighted by molar-refractivity contribution is 7.92. The van der Waals surface area contributed by atoms with E-state index in [1.807, 2.05) is 0 Å². The highest BCUT2D eigenvalue weighted by atomic mass is 32.2. The third kappa shape index (κ3) is 5.13. The molecule has 0 aliphatic carbocycles. The lowest BCUT2D eigenvalue weighted by Crippen LogP contribution is -2.42. The molecule has 0 aliphatic rings. The van der Waals surface area contributed by atoms with Crippen LogP contribution in [0.1, 0.15) is 20.3 Å². The second kappa shape index (κ2) is 5.46. The maximum atomic E-state index is 11.3. The van der Waals surface area contributed by atoms with Gasteiger partial charge >= 0.3 is 0 Å². The number of nitrogens with one attached hydrogen (secondary N) is 2. The van der Waals surface area contributed by atoms with Crippen LogP contribution in [0.3, 0.4) is 0 Å². The smallest absolute Gasteiger partial charge is 0.221 e. The second-order valence-corrected chi connectivity index (χ2v) is 6.78. The second-order valence-electron chi connectivity index (χ2n) is 4.13. The predicted octanol–water partition coefficient (Wildman–Crippen LogP) is -0.465. The van der Waals surface area contributed by atoms with E-state index in [-0.39, 0.29) is 5.91 Å². The van der Waals surface area contributed by atoms with E-state index in [0.717, 1.165) is 0 Å². The SMILES string of the molecule is CNC(=O)CCNCC(C)(C)S(C)(=O)=O. The Kier molecular flexibility index (Phi) is 5.23. The van der Waals surface area contributed by atoms with Crippen molar-refractivity contribution in [1.82, 2.24) is 10.6 Å². The van der Waals surface area contributed by atoms with Crippen molar-refractivity contribution >= 4 is 15.7 Å². The monoisotopic (exact) mass is 236 g/mol. The van der Waals surface area contributed by atoms with Crippen LogP contribution in [0.2, 0.25) is 0 Å². The van der Waals surface area contributed by atoms with Gasteiger partial charge in [0.2, 0.25) is 5.91 Å². The van der Waals surface area contributed by atoms with Crippen molar-refractivity contribution in [1.29, 1.82) is 0 Å². The number of sulfone groups is 1. The molecule has 0 atom stereocenters. The molecule has 0 aromatic heterocycles. The van der Waals surface area contributed by atoms with Gasteiger partial charge in [-0.3, -0.25) is 4.79 Å². The van der Waals surface area contributed by atoms with Crippen LogP contribution in [0, 0.1) is 0 Å². The topological polar surface area (TPSA) is 75.3 Å². The van der Waals surface area contributed by atoms with Crippen molar-refractivity contribution in [2.45, 2.75) is 25.0 Å². The molecule has 0 unspecified atom stereocenters. The lowest BCUT2D eigenvalue weighted by molar-refractivity contribution is -0.120. The van der Waals surface area contributed by atoms with E-state index in [4.69, 9.17) is 0 Å². The molecule has 0 aromatic carbocycles. The molecule has 0 rings (SSSR count). The first kappa shape index (κ1) is 14.4. The van der Waals surface area contributed by atoms with E-state index in [1.54, 1.807) is 20.9 Å². The molecule has 2 N–H and O–H groups in total. The molecule has 0 heterocycles. The zero-order chi connectivity index (χ0) is 12.1. The zero-order valence-corrected chi connectivity index (χ0v) is 10.6. The van der Waals surface area contributed by atoms with Gasteiger partial charge in [-0.25, -0.2) is 8.42 Å². The van der Waals surface area contributed by atoms with Crippen molar-refractivity contribution in [2.24, 2.45) is 0 Å². The van der Waals surface area contributed by atoms with Crippen LogP contribution < -0.4 is 10.6 Å². The fourth-order valence-electron chi connectivity index (χ4n) is 0.847. The maximum Gasteiger partial charge on any atom is 0.221 e. The van der Waals surface area contributed by atoms with Gasteiger partial charge in [0, 0.05) is 32.8 Å². The van der Waals surface area contributed by atoms with E-state index in [1.165, 1.54) is 6.26 Å². The van der Waals surface area contributed by atoms with Gasteiger partial charge in [-0.05, 0) is 13.8 Å². The van der Waals surface area contributed by atoms with E-state index < -0.39 is 14.6 Å². The van der Waals surface area contributed by atoms with E-state index in [0.29, 0.717) is 19.5 Å². The lowest BCUT2D eigenvalue weighted by atomic mass is 10.2. The molecular formula is C9H20N2O3S. The van der Waals surface area contributed by atoms with Gasteiger partial charge in [0.15, 0.2) is 9.84 Å². The lowest BCUT2D eigenvalue weighted by Gasteiger charge is -2.22. The average Bonchev–Trinajstić information content (AvgIpc) is 2.10. The Balaban J connectivity index is 3.92. The van der Waals surface area contributed by atoms with Crippen LogP contribution in [0.15, 0.2) is 0 Å². The Morgan fingerprint density at radius 1 is 1.33 bits per heavy atom. The van der Waals surface area contributed by atoms with Gasteiger partial charge in [-0.2, -0.15) is 0 Å². The minimum Gasteiger partial charge on any atom is -0.359 e. The van der Waals surface area contributed by atoms with Crippen LogP contribution in [-0.2, 0) is 14.6 Å². The molecule has 6 heteroatoms. The summed E-state index contributed by atoms with van der Waals surface area (Å²) < 4.78 is 21.8. The first-order valence-electron chi connectivity index (χ1n) is 4.81.